The zero-order valence-corrected chi connectivity index (χ0v) is 12.2. The van der Waals surface area contributed by atoms with Crippen molar-refractivity contribution in [2.45, 2.75) is 10.8 Å². The van der Waals surface area contributed by atoms with Crippen LogP contribution in [0.2, 0.25) is 5.02 Å². The van der Waals surface area contributed by atoms with Crippen LogP contribution in [-0.2, 0) is 4.79 Å². The number of rotatable bonds is 5. The molecule has 2 rings (SSSR count). The van der Waals surface area contributed by atoms with Crippen molar-refractivity contribution in [3.8, 4) is 0 Å². The van der Waals surface area contributed by atoms with Crippen molar-refractivity contribution in [1.29, 1.82) is 0 Å². The van der Waals surface area contributed by atoms with Crippen LogP contribution in [0, 0.1) is 0 Å². The number of carboxylic acid groups (broad SMARTS) is 1. The number of carboxylic acids is 1. The highest BCUT2D eigenvalue weighted by molar-refractivity contribution is 7.99. The summed E-state index contributed by atoms with van der Waals surface area (Å²) in [6, 6.07) is 14.4. The number of thioether (sulfide) groups is 1. The lowest BCUT2D eigenvalue weighted by Gasteiger charge is -2.14. The summed E-state index contributed by atoms with van der Waals surface area (Å²) in [6.07, 6.45) is 0. The Bertz CT molecular complexity index is 584. The van der Waals surface area contributed by atoms with Gasteiger partial charge in [-0.15, -0.1) is 11.8 Å². The van der Waals surface area contributed by atoms with Gasteiger partial charge < -0.3 is 10.8 Å². The predicted molar refractivity (Wildman–Crippen MR) is 83.4 cm³/mol. The first-order valence-corrected chi connectivity index (χ1v) is 7.40. The van der Waals surface area contributed by atoms with Crippen LogP contribution in [0.3, 0.4) is 0 Å². The molecular weight excluding hydrogens is 294 g/mol. The molecule has 0 spiro atoms. The number of hydrogen-bond donors (Lipinski definition) is 2. The van der Waals surface area contributed by atoms with Gasteiger partial charge in [0.1, 0.15) is 0 Å². The smallest absolute Gasteiger partial charge is 0.311 e. The first-order chi connectivity index (χ1) is 9.59. The molecule has 104 valence electrons. The second kappa shape index (κ2) is 6.68. The van der Waals surface area contributed by atoms with Gasteiger partial charge in [-0.3, -0.25) is 4.79 Å². The number of hydrogen-bond acceptors (Lipinski definition) is 3. The van der Waals surface area contributed by atoms with E-state index < -0.39 is 11.9 Å². The Hall–Kier alpha value is -1.65. The number of anilines is 1. The van der Waals surface area contributed by atoms with Crippen molar-refractivity contribution in [3.05, 3.63) is 59.1 Å². The number of nitrogens with two attached hydrogens (primary N) is 1. The molecule has 2 aromatic rings. The summed E-state index contributed by atoms with van der Waals surface area (Å²) in [5.41, 5.74) is 7.21. The van der Waals surface area contributed by atoms with E-state index in [9.17, 15) is 9.90 Å². The molecule has 1 unspecified atom stereocenters. The monoisotopic (exact) mass is 307 g/mol. The molecule has 3 N–H and O–H groups in total. The minimum absolute atomic E-state index is 0.382. The molecule has 0 amide bonds. The van der Waals surface area contributed by atoms with Gasteiger partial charge in [-0.1, -0.05) is 48.0 Å². The third-order valence-electron chi connectivity index (χ3n) is 2.89. The standard InChI is InChI=1S/C15H14ClNO2S/c16-12-7-4-8-13(17)14(12)20-9-11(15(18)19)10-5-2-1-3-6-10/h1-8,11H,9,17H2,(H,18,19). The fraction of sp³-hybridized carbons (Fsp3) is 0.133. The van der Waals surface area contributed by atoms with Crippen LogP contribution in [0.25, 0.3) is 0 Å². The van der Waals surface area contributed by atoms with Gasteiger partial charge in [0, 0.05) is 16.3 Å². The number of benzene rings is 2. The van der Waals surface area contributed by atoms with E-state index in [0.29, 0.717) is 16.5 Å². The molecule has 5 heteroatoms. The average molecular weight is 308 g/mol. The molecule has 20 heavy (non-hydrogen) atoms. The molecule has 0 aliphatic carbocycles. The maximum absolute atomic E-state index is 11.4. The van der Waals surface area contributed by atoms with E-state index in [4.69, 9.17) is 17.3 Å². The topological polar surface area (TPSA) is 63.3 Å². The Balaban J connectivity index is 2.17. The molecule has 1 atom stereocenters. The summed E-state index contributed by atoms with van der Waals surface area (Å²) >= 11 is 7.46. The van der Waals surface area contributed by atoms with Crippen molar-refractivity contribution in [3.63, 3.8) is 0 Å². The normalized spacial score (nSPS) is 12.1. The lowest BCUT2D eigenvalue weighted by atomic mass is 10.0. The first kappa shape index (κ1) is 14.8. The molecular formula is C15H14ClNO2S. The van der Waals surface area contributed by atoms with E-state index in [-0.39, 0.29) is 0 Å². The summed E-state index contributed by atoms with van der Waals surface area (Å²) in [5, 5.41) is 9.91. The molecule has 0 aliphatic heterocycles. The molecule has 0 bridgehead atoms. The Morgan fingerprint density at radius 1 is 1.20 bits per heavy atom. The van der Waals surface area contributed by atoms with Crippen molar-refractivity contribution >= 4 is 35.0 Å². The third-order valence-corrected chi connectivity index (χ3v) is 4.56. The van der Waals surface area contributed by atoms with Gasteiger partial charge in [0.05, 0.1) is 10.9 Å². The van der Waals surface area contributed by atoms with Crippen LogP contribution in [0.4, 0.5) is 5.69 Å². The lowest BCUT2D eigenvalue weighted by molar-refractivity contribution is -0.138. The third kappa shape index (κ3) is 3.46. The second-order valence-corrected chi connectivity index (χ2v) is 5.71. The van der Waals surface area contributed by atoms with Gasteiger partial charge in [0.2, 0.25) is 0 Å². The molecule has 2 aromatic carbocycles. The van der Waals surface area contributed by atoms with E-state index in [1.54, 1.807) is 18.2 Å². The van der Waals surface area contributed by atoms with Gasteiger partial charge in [-0.25, -0.2) is 0 Å². The molecule has 0 aromatic heterocycles. The zero-order chi connectivity index (χ0) is 14.5. The SMILES string of the molecule is Nc1cccc(Cl)c1SCC(C(=O)O)c1ccccc1. The maximum atomic E-state index is 11.4. The summed E-state index contributed by atoms with van der Waals surface area (Å²) in [6.45, 7) is 0. The maximum Gasteiger partial charge on any atom is 0.311 e. The highest BCUT2D eigenvalue weighted by Gasteiger charge is 2.20. The van der Waals surface area contributed by atoms with Gasteiger partial charge in [-0.2, -0.15) is 0 Å². The van der Waals surface area contributed by atoms with Crippen LogP contribution in [0.15, 0.2) is 53.4 Å². The quantitative estimate of drug-likeness (QED) is 0.650. The summed E-state index contributed by atoms with van der Waals surface area (Å²) in [7, 11) is 0. The van der Waals surface area contributed by atoms with Crippen LogP contribution in [-0.4, -0.2) is 16.8 Å². The number of carbonyl (C=O) groups is 1. The minimum Gasteiger partial charge on any atom is -0.481 e. The Labute approximate surface area is 126 Å². The van der Waals surface area contributed by atoms with Crippen LogP contribution < -0.4 is 5.73 Å². The summed E-state index contributed by atoms with van der Waals surface area (Å²) in [4.78, 5) is 12.1. The summed E-state index contributed by atoms with van der Waals surface area (Å²) in [5.74, 6) is -1.06. The molecule has 0 radical (unpaired) electrons. The van der Waals surface area contributed by atoms with Crippen molar-refractivity contribution in [1.82, 2.24) is 0 Å². The zero-order valence-electron chi connectivity index (χ0n) is 10.6. The fourth-order valence-corrected chi connectivity index (χ4v) is 3.29. The predicted octanol–water partition coefficient (Wildman–Crippen LogP) is 3.88. The minimum atomic E-state index is -0.852. The Morgan fingerprint density at radius 3 is 2.50 bits per heavy atom. The van der Waals surface area contributed by atoms with Crippen molar-refractivity contribution in [2.24, 2.45) is 0 Å². The summed E-state index contributed by atoms with van der Waals surface area (Å²) < 4.78 is 0. The number of nitrogen functional groups attached to an aromatic ring is 1. The highest BCUT2D eigenvalue weighted by Crippen LogP contribution is 2.35. The Kier molecular flexibility index (Phi) is 4.93. The fourth-order valence-electron chi connectivity index (χ4n) is 1.84. The van der Waals surface area contributed by atoms with E-state index >= 15 is 0 Å². The molecule has 3 nitrogen and oxygen atoms in total. The largest absolute Gasteiger partial charge is 0.481 e. The van der Waals surface area contributed by atoms with Crippen LogP contribution in [0.1, 0.15) is 11.5 Å². The van der Waals surface area contributed by atoms with Gasteiger partial charge >= 0.3 is 5.97 Å². The van der Waals surface area contributed by atoms with E-state index in [2.05, 4.69) is 0 Å². The second-order valence-electron chi connectivity index (χ2n) is 4.27. The lowest BCUT2D eigenvalue weighted by Crippen LogP contribution is -2.14. The molecule has 0 saturated carbocycles. The average Bonchev–Trinajstić information content (AvgIpc) is 2.43. The van der Waals surface area contributed by atoms with E-state index in [1.807, 2.05) is 30.3 Å². The first-order valence-electron chi connectivity index (χ1n) is 6.04. The number of halogens is 1. The van der Waals surface area contributed by atoms with Crippen LogP contribution >= 0.6 is 23.4 Å². The van der Waals surface area contributed by atoms with E-state index in [1.165, 1.54) is 11.8 Å². The molecule has 0 saturated heterocycles. The molecule has 0 fully saturated rings. The molecule has 0 aliphatic rings. The number of aliphatic carboxylic acids is 1. The van der Waals surface area contributed by atoms with Crippen molar-refractivity contribution in [2.75, 3.05) is 11.5 Å². The molecule has 0 heterocycles. The van der Waals surface area contributed by atoms with E-state index in [0.717, 1.165) is 10.5 Å². The van der Waals surface area contributed by atoms with Gasteiger partial charge in [0.25, 0.3) is 0 Å². The van der Waals surface area contributed by atoms with Gasteiger partial charge in [0.15, 0.2) is 0 Å². The van der Waals surface area contributed by atoms with Crippen molar-refractivity contribution < 1.29 is 9.90 Å². The highest BCUT2D eigenvalue weighted by atomic mass is 35.5. The van der Waals surface area contributed by atoms with Gasteiger partial charge in [-0.05, 0) is 17.7 Å². The van der Waals surface area contributed by atoms with Crippen LogP contribution in [0.5, 0.6) is 0 Å². The Morgan fingerprint density at radius 2 is 1.90 bits per heavy atom.